The molecule has 0 saturated heterocycles. The molecule has 3 aromatic rings. The summed E-state index contributed by atoms with van der Waals surface area (Å²) in [6.45, 7) is 8.01. The Bertz CT molecular complexity index is 1150. The molecule has 0 bridgehead atoms. The van der Waals surface area contributed by atoms with Gasteiger partial charge in [0.1, 0.15) is 0 Å². The van der Waals surface area contributed by atoms with Gasteiger partial charge in [0.2, 0.25) is 0 Å². The number of imide groups is 1. The van der Waals surface area contributed by atoms with E-state index in [2.05, 4.69) is 10.1 Å². The van der Waals surface area contributed by atoms with E-state index in [1.54, 1.807) is 18.2 Å². The molecule has 4 rings (SSSR count). The maximum Gasteiger partial charge on any atom is 0.364 e. The standard InChI is InChI=1S/C22H21N3O5/c1-5-12-10-15(17-16(11-22(2,3)4)24-29-18(17)23-12)21(28)30-25-19(26)13-8-6-7-9-14(13)20(25)27/h6-10H,5,11H2,1-4H3. The third kappa shape index (κ3) is 3.34. The van der Waals surface area contributed by atoms with E-state index in [1.165, 1.54) is 12.1 Å². The first-order chi connectivity index (χ1) is 14.2. The summed E-state index contributed by atoms with van der Waals surface area (Å²) in [4.78, 5) is 47.8. The predicted octanol–water partition coefficient (Wildman–Crippen LogP) is 3.74. The molecular formula is C22H21N3O5. The number of aryl methyl sites for hydroxylation is 1. The number of hydrogen-bond acceptors (Lipinski definition) is 7. The Morgan fingerprint density at radius 1 is 1.13 bits per heavy atom. The number of rotatable bonds is 4. The van der Waals surface area contributed by atoms with Crippen LogP contribution in [0.4, 0.5) is 0 Å². The summed E-state index contributed by atoms with van der Waals surface area (Å²) >= 11 is 0. The Kier molecular flexibility index (Phi) is 4.64. The lowest BCUT2D eigenvalue weighted by Crippen LogP contribution is -2.32. The number of carbonyl (C=O) groups is 3. The number of hydroxylamine groups is 2. The van der Waals surface area contributed by atoms with E-state index in [0.717, 1.165) is 0 Å². The van der Waals surface area contributed by atoms with Gasteiger partial charge < -0.3 is 9.36 Å². The van der Waals surface area contributed by atoms with Crippen LogP contribution in [0.2, 0.25) is 0 Å². The average Bonchev–Trinajstić information content (AvgIpc) is 3.20. The van der Waals surface area contributed by atoms with Gasteiger partial charge in [0.25, 0.3) is 17.5 Å². The van der Waals surface area contributed by atoms with E-state index in [9.17, 15) is 14.4 Å². The van der Waals surface area contributed by atoms with Crippen molar-refractivity contribution in [2.45, 2.75) is 40.5 Å². The second kappa shape index (κ2) is 7.05. The maximum atomic E-state index is 13.1. The zero-order chi connectivity index (χ0) is 21.6. The molecule has 0 spiro atoms. The molecule has 3 heterocycles. The van der Waals surface area contributed by atoms with E-state index in [-0.39, 0.29) is 27.8 Å². The molecule has 0 N–H and O–H groups in total. The van der Waals surface area contributed by atoms with Crippen LogP contribution in [0.3, 0.4) is 0 Å². The van der Waals surface area contributed by atoms with Crippen molar-refractivity contribution in [1.82, 2.24) is 15.2 Å². The van der Waals surface area contributed by atoms with Crippen molar-refractivity contribution in [2.75, 3.05) is 0 Å². The molecule has 1 aliphatic rings. The van der Waals surface area contributed by atoms with Crippen LogP contribution in [-0.2, 0) is 17.7 Å². The molecule has 1 aliphatic heterocycles. The molecule has 0 saturated carbocycles. The Morgan fingerprint density at radius 3 is 2.33 bits per heavy atom. The molecular weight excluding hydrogens is 386 g/mol. The van der Waals surface area contributed by atoms with Gasteiger partial charge in [-0.05, 0) is 36.5 Å². The van der Waals surface area contributed by atoms with Gasteiger partial charge in [-0.3, -0.25) is 9.59 Å². The topological polar surface area (TPSA) is 103 Å². The smallest absolute Gasteiger partial charge is 0.336 e. The van der Waals surface area contributed by atoms with Gasteiger partial charge in [0.05, 0.1) is 27.8 Å². The lowest BCUT2D eigenvalue weighted by atomic mass is 9.89. The van der Waals surface area contributed by atoms with Crippen molar-refractivity contribution >= 4 is 28.9 Å². The molecule has 8 nitrogen and oxygen atoms in total. The van der Waals surface area contributed by atoms with Gasteiger partial charge in [-0.2, -0.15) is 0 Å². The monoisotopic (exact) mass is 407 g/mol. The molecule has 2 aromatic heterocycles. The molecule has 1 aromatic carbocycles. The van der Waals surface area contributed by atoms with Crippen LogP contribution in [0.15, 0.2) is 34.9 Å². The van der Waals surface area contributed by atoms with E-state index < -0.39 is 17.8 Å². The van der Waals surface area contributed by atoms with Gasteiger partial charge in [-0.15, -0.1) is 0 Å². The summed E-state index contributed by atoms with van der Waals surface area (Å²) < 4.78 is 5.37. The van der Waals surface area contributed by atoms with Crippen molar-refractivity contribution < 1.29 is 23.7 Å². The Hall–Kier alpha value is -3.55. The van der Waals surface area contributed by atoms with Crippen LogP contribution in [-0.4, -0.2) is 33.0 Å². The molecule has 154 valence electrons. The molecule has 2 amide bonds. The second-order valence-electron chi connectivity index (χ2n) is 8.39. The Labute approximate surface area is 172 Å². The molecule has 30 heavy (non-hydrogen) atoms. The number of aromatic nitrogens is 2. The highest BCUT2D eigenvalue weighted by molar-refractivity contribution is 6.21. The van der Waals surface area contributed by atoms with E-state index in [1.807, 2.05) is 27.7 Å². The molecule has 8 heteroatoms. The highest BCUT2D eigenvalue weighted by Gasteiger charge is 2.39. The first-order valence-electron chi connectivity index (χ1n) is 9.68. The van der Waals surface area contributed by atoms with Gasteiger partial charge in [0, 0.05) is 5.69 Å². The minimum Gasteiger partial charge on any atom is -0.336 e. The van der Waals surface area contributed by atoms with Crippen molar-refractivity contribution in [2.24, 2.45) is 5.41 Å². The minimum absolute atomic E-state index is 0.114. The number of benzene rings is 1. The quantitative estimate of drug-likeness (QED) is 0.607. The lowest BCUT2D eigenvalue weighted by molar-refractivity contribution is -0.0583. The number of fused-ring (bicyclic) bond motifs is 2. The zero-order valence-electron chi connectivity index (χ0n) is 17.2. The fourth-order valence-corrected chi connectivity index (χ4v) is 3.41. The third-order valence-electron chi connectivity index (χ3n) is 4.78. The Balaban J connectivity index is 1.74. The maximum absolute atomic E-state index is 13.1. The highest BCUT2D eigenvalue weighted by Crippen LogP contribution is 2.30. The molecule has 0 fully saturated rings. The zero-order valence-corrected chi connectivity index (χ0v) is 17.2. The predicted molar refractivity (Wildman–Crippen MR) is 107 cm³/mol. The normalized spacial score (nSPS) is 13.8. The number of pyridine rings is 1. The lowest BCUT2D eigenvalue weighted by Gasteiger charge is -2.17. The van der Waals surface area contributed by atoms with Crippen molar-refractivity contribution in [3.8, 4) is 0 Å². The third-order valence-corrected chi connectivity index (χ3v) is 4.78. The van der Waals surface area contributed by atoms with Crippen molar-refractivity contribution in [3.05, 3.63) is 58.4 Å². The van der Waals surface area contributed by atoms with Crippen LogP contribution in [0.25, 0.3) is 11.1 Å². The van der Waals surface area contributed by atoms with E-state index >= 15 is 0 Å². The number of amides is 2. The van der Waals surface area contributed by atoms with Gasteiger partial charge in [-0.1, -0.05) is 50.0 Å². The minimum atomic E-state index is -0.843. The largest absolute Gasteiger partial charge is 0.364 e. The van der Waals surface area contributed by atoms with Crippen LogP contribution in [0.5, 0.6) is 0 Å². The van der Waals surface area contributed by atoms with Crippen molar-refractivity contribution in [1.29, 1.82) is 0 Å². The van der Waals surface area contributed by atoms with Crippen LogP contribution >= 0.6 is 0 Å². The molecule has 0 atom stereocenters. The number of hydrogen-bond donors (Lipinski definition) is 0. The van der Waals surface area contributed by atoms with Crippen LogP contribution in [0, 0.1) is 5.41 Å². The average molecular weight is 407 g/mol. The summed E-state index contributed by atoms with van der Waals surface area (Å²) in [7, 11) is 0. The fourth-order valence-electron chi connectivity index (χ4n) is 3.41. The molecule has 0 radical (unpaired) electrons. The van der Waals surface area contributed by atoms with E-state index in [4.69, 9.17) is 9.36 Å². The molecule has 0 aliphatic carbocycles. The number of nitrogens with zero attached hydrogens (tertiary/aromatic N) is 3. The first kappa shape index (κ1) is 19.8. The first-order valence-corrected chi connectivity index (χ1v) is 9.68. The van der Waals surface area contributed by atoms with Crippen LogP contribution in [0.1, 0.15) is 70.2 Å². The fraction of sp³-hybridized carbons (Fsp3) is 0.318. The summed E-state index contributed by atoms with van der Waals surface area (Å²) in [6.07, 6.45) is 1.10. The summed E-state index contributed by atoms with van der Waals surface area (Å²) in [6, 6.07) is 7.91. The summed E-state index contributed by atoms with van der Waals surface area (Å²) in [5.41, 5.74) is 1.84. The van der Waals surface area contributed by atoms with Crippen LogP contribution < -0.4 is 0 Å². The molecule has 0 unspecified atom stereocenters. The Morgan fingerprint density at radius 2 is 1.77 bits per heavy atom. The van der Waals surface area contributed by atoms with Gasteiger partial charge in [-0.25, -0.2) is 9.78 Å². The van der Waals surface area contributed by atoms with Crippen molar-refractivity contribution in [3.63, 3.8) is 0 Å². The highest BCUT2D eigenvalue weighted by atomic mass is 16.7. The van der Waals surface area contributed by atoms with Gasteiger partial charge in [0.15, 0.2) is 0 Å². The van der Waals surface area contributed by atoms with E-state index in [0.29, 0.717) is 34.7 Å². The second-order valence-corrected chi connectivity index (χ2v) is 8.39. The van der Waals surface area contributed by atoms with Gasteiger partial charge >= 0.3 is 5.97 Å². The number of carbonyl (C=O) groups excluding carboxylic acids is 3. The SMILES string of the molecule is CCc1cc(C(=O)ON2C(=O)c3ccccc3C2=O)c2c(CC(C)(C)C)noc2n1. The summed E-state index contributed by atoms with van der Waals surface area (Å²) in [5, 5.41) is 5.04. The summed E-state index contributed by atoms with van der Waals surface area (Å²) in [5.74, 6) is -2.19.